The number of benzene rings is 3. The second kappa shape index (κ2) is 11.1. The zero-order valence-corrected chi connectivity index (χ0v) is 25.0. The summed E-state index contributed by atoms with van der Waals surface area (Å²) in [4.78, 5) is 28.8. The van der Waals surface area contributed by atoms with E-state index in [1.165, 1.54) is 18.2 Å². The maximum Gasteiger partial charge on any atom is 0.492 e. The number of esters is 1. The smallest absolute Gasteiger partial charge is 0.465 e. The Kier molecular flexibility index (Phi) is 7.40. The molecule has 3 aromatic carbocycles. The monoisotopic (exact) mass is 578 g/mol. The van der Waals surface area contributed by atoms with Gasteiger partial charge in [-0.1, -0.05) is 54.6 Å². The lowest BCUT2D eigenvalue weighted by Crippen LogP contribution is -2.41. The van der Waals surface area contributed by atoms with Gasteiger partial charge in [-0.2, -0.15) is 0 Å². The van der Waals surface area contributed by atoms with Crippen LogP contribution in [0.2, 0.25) is 0 Å². The zero-order chi connectivity index (χ0) is 30.4. The highest BCUT2D eigenvalue weighted by atomic mass is 16.7. The van der Waals surface area contributed by atoms with Crippen LogP contribution in [0.3, 0.4) is 0 Å². The van der Waals surface area contributed by atoms with E-state index in [1.54, 1.807) is 12.3 Å². The summed E-state index contributed by atoms with van der Waals surface area (Å²) in [6, 6.07) is 22.0. The molecule has 0 bridgehead atoms. The Balaban J connectivity index is 1.23. The van der Waals surface area contributed by atoms with Crippen LogP contribution in [0, 0.1) is 0 Å². The third-order valence-electron chi connectivity index (χ3n) is 8.79. The Morgan fingerprint density at radius 2 is 1.58 bits per heavy atom. The molecule has 220 valence electrons. The minimum atomic E-state index is -0.722. The van der Waals surface area contributed by atoms with Crippen molar-refractivity contribution in [1.82, 2.24) is 10.3 Å². The number of methoxy groups -OCH3 is 1. The second-order valence-corrected chi connectivity index (χ2v) is 12.0. The normalized spacial score (nSPS) is 17.0. The van der Waals surface area contributed by atoms with E-state index in [2.05, 4.69) is 34.6 Å². The van der Waals surface area contributed by atoms with E-state index in [0.29, 0.717) is 11.0 Å². The molecule has 1 fully saturated rings. The maximum absolute atomic E-state index is 13.1. The SMILES string of the molecule is COC(=O)c1cc(C=C(CNC(=O)OCC2c3ccccc3-c3ccccc32)B2OC(C)(C)C(C)(C)O2)cc2[nH]ccc12. The molecule has 1 aliphatic carbocycles. The van der Waals surface area contributed by atoms with Crippen LogP contribution in [0.4, 0.5) is 4.79 Å². The summed E-state index contributed by atoms with van der Waals surface area (Å²) in [5, 5.41) is 3.66. The van der Waals surface area contributed by atoms with Crippen LogP contribution >= 0.6 is 0 Å². The zero-order valence-electron chi connectivity index (χ0n) is 25.0. The first-order valence-electron chi connectivity index (χ1n) is 14.4. The van der Waals surface area contributed by atoms with Gasteiger partial charge in [0.25, 0.3) is 0 Å². The molecule has 1 amide bonds. The fraction of sp³-hybridized carbons (Fsp3) is 0.294. The Hall–Kier alpha value is -4.34. The van der Waals surface area contributed by atoms with Crippen molar-refractivity contribution in [2.45, 2.75) is 44.8 Å². The highest BCUT2D eigenvalue weighted by molar-refractivity contribution is 6.56. The van der Waals surface area contributed by atoms with Gasteiger partial charge in [-0.05, 0) is 79.2 Å². The van der Waals surface area contributed by atoms with E-state index in [4.69, 9.17) is 18.8 Å². The van der Waals surface area contributed by atoms with Crippen molar-refractivity contribution in [3.63, 3.8) is 0 Å². The van der Waals surface area contributed by atoms with Gasteiger partial charge in [0, 0.05) is 29.6 Å². The Bertz CT molecular complexity index is 1680. The number of fused-ring (bicyclic) bond motifs is 4. The number of H-pyrrole nitrogens is 1. The molecule has 43 heavy (non-hydrogen) atoms. The molecule has 0 spiro atoms. The lowest BCUT2D eigenvalue weighted by atomic mass is 9.77. The van der Waals surface area contributed by atoms with Crippen LogP contribution in [0.5, 0.6) is 0 Å². The number of hydrogen-bond acceptors (Lipinski definition) is 6. The fourth-order valence-electron chi connectivity index (χ4n) is 5.79. The van der Waals surface area contributed by atoms with Gasteiger partial charge in [-0.15, -0.1) is 0 Å². The Labute approximate surface area is 251 Å². The average molecular weight is 578 g/mol. The number of carbonyl (C=O) groups excluding carboxylic acids is 2. The van der Waals surface area contributed by atoms with Crippen LogP contribution in [0.15, 0.2) is 78.4 Å². The molecule has 6 rings (SSSR count). The molecular weight excluding hydrogens is 543 g/mol. The van der Waals surface area contributed by atoms with Crippen molar-refractivity contribution in [1.29, 1.82) is 0 Å². The van der Waals surface area contributed by atoms with E-state index in [-0.39, 0.29) is 19.1 Å². The minimum Gasteiger partial charge on any atom is -0.465 e. The van der Waals surface area contributed by atoms with E-state index in [0.717, 1.165) is 27.6 Å². The molecule has 1 aliphatic heterocycles. The number of aromatic nitrogens is 1. The molecule has 2 heterocycles. The molecular formula is C34H35BN2O6. The second-order valence-electron chi connectivity index (χ2n) is 12.0. The van der Waals surface area contributed by atoms with E-state index in [9.17, 15) is 9.59 Å². The van der Waals surface area contributed by atoms with Gasteiger partial charge < -0.3 is 29.1 Å². The third kappa shape index (κ3) is 5.35. The van der Waals surface area contributed by atoms with Crippen molar-refractivity contribution < 1.29 is 28.4 Å². The third-order valence-corrected chi connectivity index (χ3v) is 8.79. The first kappa shape index (κ1) is 28.8. The summed E-state index contributed by atoms with van der Waals surface area (Å²) >= 11 is 0. The van der Waals surface area contributed by atoms with Crippen molar-refractivity contribution in [3.05, 3.63) is 101 Å². The Morgan fingerprint density at radius 3 is 2.21 bits per heavy atom. The Morgan fingerprint density at radius 1 is 0.953 bits per heavy atom. The van der Waals surface area contributed by atoms with Crippen molar-refractivity contribution in [2.24, 2.45) is 0 Å². The van der Waals surface area contributed by atoms with Gasteiger partial charge in [-0.3, -0.25) is 0 Å². The van der Waals surface area contributed by atoms with Crippen LogP contribution < -0.4 is 5.32 Å². The molecule has 1 aromatic heterocycles. The number of carbonyl (C=O) groups is 2. The molecule has 0 atom stereocenters. The molecule has 1 saturated heterocycles. The largest absolute Gasteiger partial charge is 0.492 e. The molecule has 9 heteroatoms. The van der Waals surface area contributed by atoms with E-state index in [1.807, 2.05) is 70.2 Å². The van der Waals surface area contributed by atoms with Gasteiger partial charge in [0.15, 0.2) is 0 Å². The summed E-state index contributed by atoms with van der Waals surface area (Å²) in [6.07, 6.45) is 3.11. The summed E-state index contributed by atoms with van der Waals surface area (Å²) in [7, 11) is 0.636. The van der Waals surface area contributed by atoms with Crippen molar-refractivity contribution >= 4 is 36.2 Å². The maximum atomic E-state index is 13.1. The number of alkyl carbamates (subject to hydrolysis) is 1. The van der Waals surface area contributed by atoms with Crippen molar-refractivity contribution in [2.75, 3.05) is 20.3 Å². The van der Waals surface area contributed by atoms with Gasteiger partial charge >= 0.3 is 19.2 Å². The highest BCUT2D eigenvalue weighted by Gasteiger charge is 2.52. The molecule has 0 unspecified atom stereocenters. The first-order valence-corrected chi connectivity index (χ1v) is 14.4. The van der Waals surface area contributed by atoms with Crippen LogP contribution in [0.25, 0.3) is 28.1 Å². The molecule has 2 N–H and O–H groups in total. The standard InChI is InChI=1S/C34H35BN2O6/c1-33(2)34(3,4)43-35(42-33)22(16-21-17-28(31(38)40-5)27-14-15-36-30(27)18-21)19-37-32(39)41-20-29-25-12-8-6-10-23(25)24-11-7-9-13-26(24)29/h6-18,29,36H,19-20H2,1-5H3,(H,37,39). The molecule has 2 aliphatic rings. The minimum absolute atomic E-state index is 0.0412. The predicted octanol–water partition coefficient (Wildman–Crippen LogP) is 6.51. The lowest BCUT2D eigenvalue weighted by molar-refractivity contribution is 0.00578. The summed E-state index contributed by atoms with van der Waals surface area (Å²) < 4.78 is 23.5. The summed E-state index contributed by atoms with van der Waals surface area (Å²) in [5.74, 6) is -0.477. The molecule has 0 saturated carbocycles. The molecule has 0 radical (unpaired) electrons. The van der Waals surface area contributed by atoms with Crippen LogP contribution in [0.1, 0.15) is 60.7 Å². The number of hydrogen-bond donors (Lipinski definition) is 2. The number of aromatic amines is 1. The number of rotatable bonds is 7. The summed E-state index contributed by atoms with van der Waals surface area (Å²) in [5.41, 5.74) is 6.10. The average Bonchev–Trinajstić information content (AvgIpc) is 3.65. The van der Waals surface area contributed by atoms with Gasteiger partial charge in [0.05, 0.1) is 23.9 Å². The fourth-order valence-corrected chi connectivity index (χ4v) is 5.79. The van der Waals surface area contributed by atoms with Gasteiger partial charge in [0.2, 0.25) is 0 Å². The number of amides is 1. The van der Waals surface area contributed by atoms with E-state index >= 15 is 0 Å². The lowest BCUT2D eigenvalue weighted by Gasteiger charge is -2.32. The highest BCUT2D eigenvalue weighted by Crippen LogP contribution is 2.44. The van der Waals surface area contributed by atoms with Crippen LogP contribution in [-0.2, 0) is 18.8 Å². The number of ether oxygens (including phenoxy) is 2. The quantitative estimate of drug-likeness (QED) is 0.192. The first-order chi connectivity index (χ1) is 20.6. The van der Waals surface area contributed by atoms with Crippen molar-refractivity contribution in [3.8, 4) is 11.1 Å². The van der Waals surface area contributed by atoms with Gasteiger partial charge in [-0.25, -0.2) is 9.59 Å². The van der Waals surface area contributed by atoms with E-state index < -0.39 is 30.4 Å². The molecule has 4 aromatic rings. The topological polar surface area (TPSA) is 98.9 Å². The van der Waals surface area contributed by atoms with Gasteiger partial charge in [0.1, 0.15) is 6.61 Å². The number of nitrogens with one attached hydrogen (secondary N) is 2. The predicted molar refractivity (Wildman–Crippen MR) is 167 cm³/mol. The summed E-state index contributed by atoms with van der Waals surface area (Å²) in [6.45, 7) is 8.23. The van der Waals surface area contributed by atoms with Crippen LogP contribution in [-0.4, -0.2) is 55.6 Å². The molecule has 8 nitrogen and oxygen atoms in total.